The predicted molar refractivity (Wildman–Crippen MR) is 106 cm³/mol. The van der Waals surface area contributed by atoms with Gasteiger partial charge < -0.3 is 20.6 Å². The summed E-state index contributed by atoms with van der Waals surface area (Å²) in [5, 5.41) is 9.39. The number of primary amides is 1. The Morgan fingerprint density at radius 1 is 1.21 bits per heavy atom. The maximum Gasteiger partial charge on any atom is 0.332 e. The van der Waals surface area contributed by atoms with E-state index in [1.54, 1.807) is 48.5 Å². The van der Waals surface area contributed by atoms with E-state index in [1.165, 1.54) is 11.7 Å². The normalized spacial score (nSPS) is 11.0. The zero-order valence-electron chi connectivity index (χ0n) is 15.4. The van der Waals surface area contributed by atoms with Crippen LogP contribution in [0.5, 0.6) is 5.75 Å². The number of benzene rings is 2. The number of H-pyrrole nitrogens is 1. The molecule has 0 spiro atoms. The van der Waals surface area contributed by atoms with Crippen molar-refractivity contribution in [1.82, 2.24) is 19.5 Å². The molecule has 9 nitrogen and oxygen atoms in total. The summed E-state index contributed by atoms with van der Waals surface area (Å²) in [6, 6.07) is 13.8. The Labute approximate surface area is 164 Å². The third-order valence-electron chi connectivity index (χ3n) is 4.45. The first kappa shape index (κ1) is 18.4. The van der Waals surface area contributed by atoms with Gasteiger partial charge in [0, 0.05) is 11.6 Å². The van der Waals surface area contributed by atoms with Crippen LogP contribution in [0.4, 0.5) is 0 Å². The van der Waals surface area contributed by atoms with E-state index in [-0.39, 0.29) is 29.3 Å². The number of methoxy groups -OCH3 is 1. The summed E-state index contributed by atoms with van der Waals surface area (Å²) in [4.78, 5) is 36.1. The average molecular weight is 391 g/mol. The summed E-state index contributed by atoms with van der Waals surface area (Å²) in [7, 11) is 1.52. The number of imidazole rings is 1. The van der Waals surface area contributed by atoms with E-state index < -0.39 is 11.6 Å². The van der Waals surface area contributed by atoms with Crippen LogP contribution in [0.15, 0.2) is 53.3 Å². The summed E-state index contributed by atoms with van der Waals surface area (Å²) in [5.74, 6) is -0.0305. The molecule has 0 saturated carbocycles. The van der Waals surface area contributed by atoms with Crippen LogP contribution in [-0.2, 0) is 6.61 Å². The molecule has 4 aromatic rings. The second kappa shape index (κ2) is 7.21. The first-order valence-corrected chi connectivity index (χ1v) is 8.69. The van der Waals surface area contributed by atoms with Crippen LogP contribution in [0.3, 0.4) is 0 Å². The lowest BCUT2D eigenvalue weighted by Gasteiger charge is -2.08. The van der Waals surface area contributed by atoms with Gasteiger partial charge in [0.25, 0.3) is 5.91 Å². The van der Waals surface area contributed by atoms with Gasteiger partial charge in [-0.15, -0.1) is 0 Å². The van der Waals surface area contributed by atoms with Crippen LogP contribution in [0.2, 0.25) is 0 Å². The average Bonchev–Trinajstić information content (AvgIpc) is 3.08. The second-order valence-electron chi connectivity index (χ2n) is 6.28. The Bertz CT molecular complexity index is 1290. The Hall–Kier alpha value is -3.98. The Balaban J connectivity index is 2.03. The van der Waals surface area contributed by atoms with Gasteiger partial charge in [-0.05, 0) is 23.8 Å². The lowest BCUT2D eigenvalue weighted by molar-refractivity contribution is 0.0997. The first-order chi connectivity index (χ1) is 14.0. The molecule has 0 aliphatic rings. The number of carbonyl (C=O) groups excluding carboxylic acids is 1. The number of nitrogens with one attached hydrogen (secondary N) is 1. The number of nitrogens with zero attached hydrogens (tertiary/aromatic N) is 3. The maximum absolute atomic E-state index is 12.7. The summed E-state index contributed by atoms with van der Waals surface area (Å²) < 4.78 is 6.55. The molecule has 4 rings (SSSR count). The molecule has 0 aliphatic carbocycles. The second-order valence-corrected chi connectivity index (χ2v) is 6.28. The molecule has 0 fully saturated rings. The van der Waals surface area contributed by atoms with Crippen LogP contribution >= 0.6 is 0 Å². The molecule has 2 aromatic heterocycles. The van der Waals surface area contributed by atoms with E-state index >= 15 is 0 Å². The van der Waals surface area contributed by atoms with Crippen molar-refractivity contribution >= 4 is 17.1 Å². The number of hydrogen-bond donors (Lipinski definition) is 3. The van der Waals surface area contributed by atoms with Gasteiger partial charge in [-0.25, -0.2) is 19.3 Å². The number of ether oxygens (including phenoxy) is 1. The van der Waals surface area contributed by atoms with E-state index in [9.17, 15) is 14.7 Å². The fourth-order valence-electron chi connectivity index (χ4n) is 3.09. The van der Waals surface area contributed by atoms with Crippen molar-refractivity contribution in [2.45, 2.75) is 6.61 Å². The monoisotopic (exact) mass is 391 g/mol. The number of aliphatic hydroxyl groups excluding tert-OH is 1. The van der Waals surface area contributed by atoms with Gasteiger partial charge in [-0.2, -0.15) is 0 Å². The van der Waals surface area contributed by atoms with Crippen molar-refractivity contribution in [3.8, 4) is 22.8 Å². The number of nitrogens with two attached hydrogens (primary N) is 1. The number of carbonyl (C=O) groups is 1. The van der Waals surface area contributed by atoms with E-state index in [1.807, 2.05) is 0 Å². The molecule has 9 heteroatoms. The summed E-state index contributed by atoms with van der Waals surface area (Å²) in [6.07, 6.45) is 0. The van der Waals surface area contributed by atoms with E-state index in [2.05, 4.69) is 15.0 Å². The highest BCUT2D eigenvalue weighted by Crippen LogP contribution is 2.24. The largest absolute Gasteiger partial charge is 0.497 e. The van der Waals surface area contributed by atoms with Crippen molar-refractivity contribution in [3.05, 3.63) is 70.3 Å². The topological polar surface area (TPSA) is 136 Å². The molecule has 2 heterocycles. The summed E-state index contributed by atoms with van der Waals surface area (Å²) in [6.45, 7) is -0.155. The minimum absolute atomic E-state index is 0.0989. The molecule has 146 valence electrons. The fraction of sp³-hybridized carbons (Fsp3) is 0.100. The van der Waals surface area contributed by atoms with Gasteiger partial charge >= 0.3 is 5.69 Å². The van der Waals surface area contributed by atoms with Crippen LogP contribution in [0.25, 0.3) is 28.2 Å². The predicted octanol–water partition coefficient (Wildman–Crippen LogP) is 1.38. The number of aromatic amines is 1. The Morgan fingerprint density at radius 2 is 2.00 bits per heavy atom. The van der Waals surface area contributed by atoms with Crippen molar-refractivity contribution in [1.29, 1.82) is 0 Å². The van der Waals surface area contributed by atoms with Gasteiger partial charge in [0.15, 0.2) is 17.2 Å². The van der Waals surface area contributed by atoms with E-state index in [0.717, 1.165) is 0 Å². The van der Waals surface area contributed by atoms with E-state index in [0.29, 0.717) is 22.6 Å². The van der Waals surface area contributed by atoms with Crippen molar-refractivity contribution in [2.24, 2.45) is 5.73 Å². The Kier molecular flexibility index (Phi) is 4.57. The molecule has 0 aliphatic heterocycles. The fourth-order valence-corrected chi connectivity index (χ4v) is 3.09. The first-order valence-electron chi connectivity index (χ1n) is 8.69. The molecule has 4 N–H and O–H groups in total. The van der Waals surface area contributed by atoms with Crippen LogP contribution in [-0.4, -0.2) is 37.6 Å². The summed E-state index contributed by atoms with van der Waals surface area (Å²) in [5.41, 5.74) is 7.00. The standard InChI is InChI=1S/C20H17N5O4/c1-29-14-7-3-6-13(9-14)25-19-16(23-20(25)28)15(17(21)27)22-18(24-19)12-5-2-4-11(8-12)10-26/h2-9,26H,10H2,1H3,(H2,21,27)(H,23,28). The molecule has 0 saturated heterocycles. The SMILES string of the molecule is COc1cccc(-n2c(=O)[nH]c3c(C(N)=O)nc(-c4cccc(CO)c4)nc32)c1. The van der Waals surface area contributed by atoms with Crippen molar-refractivity contribution in [2.75, 3.05) is 7.11 Å². The molecule has 0 radical (unpaired) electrons. The number of amides is 1. The van der Waals surface area contributed by atoms with Crippen LogP contribution < -0.4 is 16.2 Å². The number of aliphatic hydroxyl groups is 1. The van der Waals surface area contributed by atoms with Crippen LogP contribution in [0.1, 0.15) is 16.1 Å². The zero-order chi connectivity index (χ0) is 20.5. The van der Waals surface area contributed by atoms with Gasteiger partial charge in [0.05, 0.1) is 19.4 Å². The molecule has 0 atom stereocenters. The zero-order valence-corrected chi connectivity index (χ0v) is 15.4. The highest BCUT2D eigenvalue weighted by Gasteiger charge is 2.20. The van der Waals surface area contributed by atoms with Crippen molar-refractivity contribution in [3.63, 3.8) is 0 Å². The van der Waals surface area contributed by atoms with Gasteiger partial charge in [0.1, 0.15) is 11.3 Å². The maximum atomic E-state index is 12.7. The number of aromatic nitrogens is 4. The van der Waals surface area contributed by atoms with Crippen molar-refractivity contribution < 1.29 is 14.6 Å². The van der Waals surface area contributed by atoms with Gasteiger partial charge in [0.2, 0.25) is 0 Å². The van der Waals surface area contributed by atoms with E-state index in [4.69, 9.17) is 10.5 Å². The molecule has 1 amide bonds. The molecule has 2 aromatic carbocycles. The molecular weight excluding hydrogens is 374 g/mol. The third-order valence-corrected chi connectivity index (χ3v) is 4.45. The third kappa shape index (κ3) is 3.23. The number of fused-ring (bicyclic) bond motifs is 1. The molecule has 0 bridgehead atoms. The molecule has 0 unspecified atom stereocenters. The highest BCUT2D eigenvalue weighted by atomic mass is 16.5. The molecular formula is C20H17N5O4. The van der Waals surface area contributed by atoms with Gasteiger partial charge in [-0.1, -0.05) is 24.3 Å². The minimum atomic E-state index is -0.795. The quantitative estimate of drug-likeness (QED) is 0.470. The lowest BCUT2D eigenvalue weighted by atomic mass is 10.1. The number of hydrogen-bond acceptors (Lipinski definition) is 6. The van der Waals surface area contributed by atoms with Gasteiger partial charge in [-0.3, -0.25) is 4.79 Å². The summed E-state index contributed by atoms with van der Waals surface area (Å²) >= 11 is 0. The Morgan fingerprint density at radius 3 is 2.72 bits per heavy atom. The highest BCUT2D eigenvalue weighted by molar-refractivity contribution is 6.02. The smallest absolute Gasteiger partial charge is 0.332 e. The minimum Gasteiger partial charge on any atom is -0.497 e. The molecule has 29 heavy (non-hydrogen) atoms. The van der Waals surface area contributed by atoms with Crippen LogP contribution in [0, 0.1) is 0 Å². The lowest BCUT2D eigenvalue weighted by Crippen LogP contribution is -2.15. The number of rotatable bonds is 5.